The lowest BCUT2D eigenvalue weighted by atomic mass is 10.1. The summed E-state index contributed by atoms with van der Waals surface area (Å²) in [6.45, 7) is 0. The quantitative estimate of drug-likeness (QED) is 0.621. The number of aromatic nitrogens is 1. The van der Waals surface area contributed by atoms with E-state index in [1.807, 2.05) is 18.2 Å². The molecule has 1 aromatic heterocycles. The van der Waals surface area contributed by atoms with Gasteiger partial charge in [-0.05, 0) is 36.0 Å². The molecule has 1 saturated heterocycles. The monoisotopic (exact) mass is 259 g/mol. The van der Waals surface area contributed by atoms with Crippen molar-refractivity contribution in [2.24, 2.45) is 0 Å². The van der Waals surface area contributed by atoms with E-state index in [-0.39, 0.29) is 5.91 Å². The first-order chi connectivity index (χ1) is 8.65. The predicted octanol–water partition coefficient (Wildman–Crippen LogP) is 1.52. The smallest absolute Gasteiger partial charge is 0.276 e. The van der Waals surface area contributed by atoms with Gasteiger partial charge in [-0.3, -0.25) is 9.69 Å². The summed E-state index contributed by atoms with van der Waals surface area (Å²) in [4.78, 5) is 17.2. The van der Waals surface area contributed by atoms with Crippen molar-refractivity contribution in [2.45, 2.75) is 0 Å². The van der Waals surface area contributed by atoms with Crippen LogP contribution in [0.3, 0.4) is 0 Å². The molecule has 3 rings (SSSR count). The summed E-state index contributed by atoms with van der Waals surface area (Å²) in [7, 11) is 1.64. The Bertz CT molecular complexity index is 689. The van der Waals surface area contributed by atoms with Gasteiger partial charge in [-0.1, -0.05) is 6.07 Å². The average Bonchev–Trinajstić information content (AvgIpc) is 2.91. The molecule has 1 aliphatic heterocycles. The largest absolute Gasteiger partial charge is 0.443 e. The van der Waals surface area contributed by atoms with E-state index in [0.29, 0.717) is 16.4 Å². The summed E-state index contributed by atoms with van der Waals surface area (Å²) in [6.07, 6.45) is 3.13. The lowest BCUT2D eigenvalue weighted by molar-refractivity contribution is -0.121. The number of thiocarbonyl (C=S) groups is 1. The maximum atomic E-state index is 11.8. The zero-order valence-electron chi connectivity index (χ0n) is 9.51. The van der Waals surface area contributed by atoms with Crippen LogP contribution in [0, 0.1) is 0 Å². The molecule has 1 N–H and O–H groups in total. The Morgan fingerprint density at radius 1 is 1.50 bits per heavy atom. The van der Waals surface area contributed by atoms with Crippen molar-refractivity contribution in [1.29, 1.82) is 0 Å². The van der Waals surface area contributed by atoms with Crippen LogP contribution in [0.4, 0.5) is 0 Å². The van der Waals surface area contributed by atoms with Crippen molar-refractivity contribution in [3.8, 4) is 0 Å². The fourth-order valence-electron chi connectivity index (χ4n) is 1.75. The summed E-state index contributed by atoms with van der Waals surface area (Å²) < 4.78 is 5.21. The van der Waals surface area contributed by atoms with E-state index in [9.17, 15) is 4.79 Å². The number of hydrogen-bond acceptors (Lipinski definition) is 4. The Hall–Kier alpha value is -2.21. The number of likely N-dealkylation sites (N-methyl/N-ethyl adjacent to an activating group) is 1. The molecule has 18 heavy (non-hydrogen) atoms. The summed E-state index contributed by atoms with van der Waals surface area (Å²) in [5.74, 6) is -0.141. The second-order valence-electron chi connectivity index (χ2n) is 3.93. The second kappa shape index (κ2) is 3.92. The molecule has 1 aromatic carbocycles. The molecule has 0 unspecified atom stereocenters. The molecule has 0 radical (unpaired) electrons. The van der Waals surface area contributed by atoms with Gasteiger partial charge in [0.2, 0.25) is 0 Å². The Balaban J connectivity index is 2.00. The standard InChI is InChI=1S/C12H9N3O2S/c1-15-11(16)9(14-12(15)18)4-7-2-3-8-10(5-7)17-6-13-8/h2-6H,1H3,(H,14,18)/b9-4-. The van der Waals surface area contributed by atoms with Gasteiger partial charge in [0.1, 0.15) is 11.2 Å². The number of amides is 1. The fraction of sp³-hybridized carbons (Fsp3) is 0.0833. The predicted molar refractivity (Wildman–Crippen MR) is 70.5 cm³/mol. The number of oxazole rings is 1. The third-order valence-electron chi connectivity index (χ3n) is 2.75. The van der Waals surface area contributed by atoms with Crippen LogP contribution in [0.5, 0.6) is 0 Å². The highest BCUT2D eigenvalue weighted by Gasteiger charge is 2.26. The van der Waals surface area contributed by atoms with Crippen LogP contribution in [0.15, 0.2) is 34.7 Å². The molecule has 1 aliphatic rings. The maximum absolute atomic E-state index is 11.8. The number of rotatable bonds is 1. The van der Waals surface area contributed by atoms with Crippen LogP contribution >= 0.6 is 12.2 Å². The van der Waals surface area contributed by atoms with Gasteiger partial charge in [-0.25, -0.2) is 4.98 Å². The first kappa shape index (κ1) is 10.9. The number of fused-ring (bicyclic) bond motifs is 1. The zero-order chi connectivity index (χ0) is 12.7. The van der Waals surface area contributed by atoms with Crippen molar-refractivity contribution in [1.82, 2.24) is 15.2 Å². The van der Waals surface area contributed by atoms with E-state index in [1.165, 1.54) is 11.3 Å². The molecule has 0 aliphatic carbocycles. The van der Waals surface area contributed by atoms with Gasteiger partial charge in [-0.2, -0.15) is 0 Å². The van der Waals surface area contributed by atoms with Crippen LogP contribution in [0.1, 0.15) is 5.56 Å². The van der Waals surface area contributed by atoms with Gasteiger partial charge in [-0.15, -0.1) is 0 Å². The van der Waals surface area contributed by atoms with E-state index in [0.717, 1.165) is 11.1 Å². The first-order valence-electron chi connectivity index (χ1n) is 5.29. The number of nitrogens with zero attached hydrogens (tertiary/aromatic N) is 2. The molecule has 5 nitrogen and oxygen atoms in total. The van der Waals surface area contributed by atoms with Gasteiger partial charge in [0.05, 0.1) is 0 Å². The molecule has 2 aromatic rings. The third kappa shape index (κ3) is 1.67. The van der Waals surface area contributed by atoms with Gasteiger partial charge in [0.15, 0.2) is 17.1 Å². The SMILES string of the molecule is CN1C(=O)/C(=C/c2ccc3ncoc3c2)NC1=S. The molecule has 0 spiro atoms. The maximum Gasteiger partial charge on any atom is 0.276 e. The average molecular weight is 259 g/mol. The topological polar surface area (TPSA) is 58.4 Å². The third-order valence-corrected chi connectivity index (χ3v) is 3.12. The van der Waals surface area contributed by atoms with Gasteiger partial charge in [0, 0.05) is 7.05 Å². The summed E-state index contributed by atoms with van der Waals surface area (Å²) in [5.41, 5.74) is 2.79. The van der Waals surface area contributed by atoms with E-state index >= 15 is 0 Å². The van der Waals surface area contributed by atoms with Gasteiger partial charge < -0.3 is 9.73 Å². The lowest BCUT2D eigenvalue weighted by Gasteiger charge is -2.02. The molecule has 2 heterocycles. The van der Waals surface area contributed by atoms with Crippen molar-refractivity contribution < 1.29 is 9.21 Å². The van der Waals surface area contributed by atoms with Crippen LogP contribution in [0.25, 0.3) is 17.2 Å². The summed E-state index contributed by atoms with van der Waals surface area (Å²) in [5, 5.41) is 3.28. The number of benzene rings is 1. The highest BCUT2D eigenvalue weighted by atomic mass is 32.1. The first-order valence-corrected chi connectivity index (χ1v) is 5.70. The molecule has 0 atom stereocenters. The van der Waals surface area contributed by atoms with Crippen molar-refractivity contribution in [2.75, 3.05) is 7.05 Å². The molecule has 6 heteroatoms. The molecule has 1 amide bonds. The Labute approximate surface area is 108 Å². The van der Waals surface area contributed by atoms with Gasteiger partial charge in [0.25, 0.3) is 5.91 Å². The van der Waals surface area contributed by atoms with Crippen molar-refractivity contribution in [3.63, 3.8) is 0 Å². The Morgan fingerprint density at radius 3 is 3.06 bits per heavy atom. The fourth-order valence-corrected chi connectivity index (χ4v) is 1.94. The van der Waals surface area contributed by atoms with Crippen molar-refractivity contribution in [3.05, 3.63) is 35.9 Å². The molecule has 0 bridgehead atoms. The normalized spacial score (nSPS) is 17.8. The Morgan fingerprint density at radius 2 is 2.33 bits per heavy atom. The van der Waals surface area contributed by atoms with Crippen LogP contribution in [-0.4, -0.2) is 28.0 Å². The number of carbonyl (C=O) groups excluding carboxylic acids is 1. The minimum Gasteiger partial charge on any atom is -0.443 e. The molecule has 90 valence electrons. The zero-order valence-corrected chi connectivity index (χ0v) is 10.3. The minimum absolute atomic E-state index is 0.141. The molecular formula is C12H9N3O2S. The van der Waals surface area contributed by atoms with E-state index < -0.39 is 0 Å². The summed E-state index contributed by atoms with van der Waals surface area (Å²) in [6, 6.07) is 5.53. The Kier molecular flexibility index (Phi) is 2.38. The summed E-state index contributed by atoms with van der Waals surface area (Å²) >= 11 is 5.00. The van der Waals surface area contributed by atoms with Crippen LogP contribution in [0.2, 0.25) is 0 Å². The number of carbonyl (C=O) groups is 1. The number of nitrogens with one attached hydrogen (secondary N) is 1. The van der Waals surface area contributed by atoms with E-state index in [4.69, 9.17) is 16.6 Å². The highest BCUT2D eigenvalue weighted by molar-refractivity contribution is 7.80. The van der Waals surface area contributed by atoms with Gasteiger partial charge >= 0.3 is 0 Å². The van der Waals surface area contributed by atoms with Crippen LogP contribution in [-0.2, 0) is 4.79 Å². The lowest BCUT2D eigenvalue weighted by Crippen LogP contribution is -2.25. The molecule has 0 saturated carbocycles. The van der Waals surface area contributed by atoms with E-state index in [2.05, 4.69) is 10.3 Å². The second-order valence-corrected chi connectivity index (χ2v) is 4.32. The molecule has 1 fully saturated rings. The highest BCUT2D eigenvalue weighted by Crippen LogP contribution is 2.18. The van der Waals surface area contributed by atoms with E-state index in [1.54, 1.807) is 13.1 Å². The number of hydrogen-bond donors (Lipinski definition) is 1. The van der Waals surface area contributed by atoms with Crippen molar-refractivity contribution >= 4 is 40.4 Å². The van der Waals surface area contributed by atoms with Crippen LogP contribution < -0.4 is 5.32 Å². The minimum atomic E-state index is -0.141. The molecular weight excluding hydrogens is 250 g/mol.